The zero-order valence-electron chi connectivity index (χ0n) is 30.9. The van der Waals surface area contributed by atoms with Gasteiger partial charge in [-0.1, -0.05) is 19.1 Å². The van der Waals surface area contributed by atoms with E-state index < -0.39 is 23.5 Å². The molecule has 3 heterocycles. The van der Waals surface area contributed by atoms with Crippen molar-refractivity contribution in [1.29, 1.82) is 0 Å². The van der Waals surface area contributed by atoms with Crippen molar-refractivity contribution in [2.24, 2.45) is 5.92 Å². The fourth-order valence-corrected chi connectivity index (χ4v) is 5.34. The molecule has 0 radical (unpaired) electrons. The summed E-state index contributed by atoms with van der Waals surface area (Å²) in [6, 6.07) is 5.35. The summed E-state index contributed by atoms with van der Waals surface area (Å²) in [6.45, 7) is 13.4. The van der Waals surface area contributed by atoms with E-state index in [9.17, 15) is 19.5 Å². The van der Waals surface area contributed by atoms with E-state index in [1.165, 1.54) is 0 Å². The predicted molar refractivity (Wildman–Crippen MR) is 196 cm³/mol. The molecular weight excluding hydrogens is 668 g/mol. The first-order chi connectivity index (χ1) is 24.4. The zero-order valence-corrected chi connectivity index (χ0v) is 30.9. The number of carbonyl (C=O) groups excluding carboxylic acids is 2. The maximum atomic E-state index is 13.0. The molecule has 4 rings (SSSR count). The number of nitrogens with one attached hydrogen (secondary N) is 2. The molecule has 17 heteroatoms. The molecule has 0 aliphatic rings. The Morgan fingerprint density at radius 2 is 1.73 bits per heavy atom. The van der Waals surface area contributed by atoms with Crippen LogP contribution in [0.3, 0.4) is 0 Å². The second-order valence-corrected chi connectivity index (χ2v) is 14.5. The number of aliphatic carboxylic acids is 1. The Balaban J connectivity index is 1.27. The molecular formula is C35H50N12O5. The Kier molecular flexibility index (Phi) is 12.6. The highest BCUT2D eigenvalue weighted by Gasteiger charge is 2.29. The van der Waals surface area contributed by atoms with E-state index in [1.54, 1.807) is 41.3 Å². The number of ether oxygens (including phenoxy) is 1. The molecule has 0 fully saturated rings. The summed E-state index contributed by atoms with van der Waals surface area (Å²) in [5.74, 6) is -1.47. The van der Waals surface area contributed by atoms with Crippen LogP contribution >= 0.6 is 0 Å². The number of carbonyl (C=O) groups is 3. The number of benzene rings is 1. The molecule has 0 aliphatic carbocycles. The number of fused-ring (bicyclic) bond motifs is 1. The van der Waals surface area contributed by atoms with Crippen LogP contribution in [-0.4, -0.2) is 83.1 Å². The summed E-state index contributed by atoms with van der Waals surface area (Å²) in [4.78, 5) is 56.4. The molecule has 1 aromatic carbocycles. The third-order valence-corrected chi connectivity index (χ3v) is 8.53. The molecule has 3 aromatic heterocycles. The Labute approximate surface area is 302 Å². The highest BCUT2D eigenvalue weighted by Crippen LogP contribution is 2.25. The number of hydrogen-bond acceptors (Lipinski definition) is 13. The van der Waals surface area contributed by atoms with Gasteiger partial charge in [-0.05, 0) is 77.1 Å². The van der Waals surface area contributed by atoms with E-state index >= 15 is 0 Å². The van der Waals surface area contributed by atoms with Gasteiger partial charge < -0.3 is 36.8 Å². The minimum absolute atomic E-state index is 0.0142. The summed E-state index contributed by atoms with van der Waals surface area (Å²) in [5.41, 5.74) is 13.7. The molecule has 2 amide bonds. The van der Waals surface area contributed by atoms with Crippen LogP contribution in [0, 0.1) is 5.92 Å². The molecule has 0 saturated carbocycles. The van der Waals surface area contributed by atoms with Crippen molar-refractivity contribution in [3.8, 4) is 0 Å². The summed E-state index contributed by atoms with van der Waals surface area (Å²) >= 11 is 0. The second-order valence-electron chi connectivity index (χ2n) is 14.5. The number of aromatic nitrogens is 7. The second kappa shape index (κ2) is 16.7. The van der Waals surface area contributed by atoms with Crippen LogP contribution in [0.25, 0.3) is 11.2 Å². The van der Waals surface area contributed by atoms with Gasteiger partial charge in [0.1, 0.15) is 6.04 Å². The third-order valence-electron chi connectivity index (χ3n) is 8.53. The Morgan fingerprint density at radius 1 is 1.02 bits per heavy atom. The van der Waals surface area contributed by atoms with Gasteiger partial charge >= 0.3 is 5.97 Å². The van der Waals surface area contributed by atoms with Crippen LogP contribution < -0.4 is 27.0 Å². The number of amides is 2. The van der Waals surface area contributed by atoms with Crippen LogP contribution in [0.2, 0.25) is 0 Å². The zero-order chi connectivity index (χ0) is 38.2. The number of carboxylic acids is 1. The lowest BCUT2D eigenvalue weighted by molar-refractivity contribution is -0.139. The Bertz CT molecular complexity index is 1860. The SMILES string of the molecule is CC(C)CCC(C)(C)OCC(C)(C)n1nncc1CNC(=O)CCC(NC(=O)c1ccc(N(C)Cc2cnc3nc(N)nc(N)c3n2)cc1)C(=O)O. The van der Waals surface area contributed by atoms with Gasteiger partial charge in [0.25, 0.3) is 5.91 Å². The Hall–Kier alpha value is -5.45. The lowest BCUT2D eigenvalue weighted by Crippen LogP contribution is -2.42. The molecule has 7 N–H and O–H groups in total. The molecule has 4 aromatic rings. The molecule has 1 unspecified atom stereocenters. The summed E-state index contributed by atoms with van der Waals surface area (Å²) in [5, 5.41) is 23.4. The molecule has 0 aliphatic heterocycles. The highest BCUT2D eigenvalue weighted by atomic mass is 16.5. The number of carboxylic acid groups (broad SMARTS) is 1. The van der Waals surface area contributed by atoms with Crippen LogP contribution in [0.15, 0.2) is 36.7 Å². The van der Waals surface area contributed by atoms with Gasteiger partial charge in [-0.2, -0.15) is 9.97 Å². The first kappa shape index (κ1) is 39.3. The van der Waals surface area contributed by atoms with Crippen molar-refractivity contribution in [3.63, 3.8) is 0 Å². The Morgan fingerprint density at radius 3 is 2.40 bits per heavy atom. The van der Waals surface area contributed by atoms with Crippen LogP contribution in [0.5, 0.6) is 0 Å². The largest absolute Gasteiger partial charge is 0.480 e. The number of nitrogen functional groups attached to an aromatic ring is 2. The normalized spacial score (nSPS) is 12.5. The summed E-state index contributed by atoms with van der Waals surface area (Å²) in [7, 11) is 1.84. The number of rotatable bonds is 18. The molecule has 17 nitrogen and oxygen atoms in total. The van der Waals surface area contributed by atoms with E-state index in [2.05, 4.69) is 68.6 Å². The molecule has 0 spiro atoms. The van der Waals surface area contributed by atoms with Gasteiger partial charge in [0.15, 0.2) is 17.0 Å². The quantitative estimate of drug-likeness (QED) is 0.0993. The molecule has 280 valence electrons. The van der Waals surface area contributed by atoms with E-state index in [0.29, 0.717) is 41.6 Å². The molecule has 0 saturated heterocycles. The minimum Gasteiger partial charge on any atom is -0.480 e. The van der Waals surface area contributed by atoms with Crippen molar-refractivity contribution in [2.45, 2.75) is 97.5 Å². The fourth-order valence-electron chi connectivity index (χ4n) is 5.34. The molecule has 1 atom stereocenters. The van der Waals surface area contributed by atoms with Crippen molar-refractivity contribution in [1.82, 2.24) is 45.6 Å². The summed E-state index contributed by atoms with van der Waals surface area (Å²) in [6.07, 6.45) is 4.90. The average Bonchev–Trinajstić information content (AvgIpc) is 3.57. The summed E-state index contributed by atoms with van der Waals surface area (Å²) < 4.78 is 8.00. The van der Waals surface area contributed by atoms with E-state index in [4.69, 9.17) is 16.2 Å². The van der Waals surface area contributed by atoms with Gasteiger partial charge in [-0.15, -0.1) is 5.10 Å². The minimum atomic E-state index is -1.28. The average molecular weight is 719 g/mol. The standard InChI is InChI=1S/C35H50N12O5/c1-21(2)14-15-35(5,6)52-20-34(3,4)47-25(18-40-45-47)17-38-27(48)13-12-26(32(50)51)42-31(49)22-8-10-24(11-9-22)46(7)19-23-16-39-30-28(41-23)29(36)43-33(37)44-30/h8-11,16,18,21,26H,12-15,17,19-20H2,1-7H3,(H,38,48)(H,42,49)(H,50,51)(H4,36,37,39,43,44). The lowest BCUT2D eigenvalue weighted by atomic mass is 9.96. The van der Waals surface area contributed by atoms with Crippen molar-refractivity contribution in [2.75, 3.05) is 30.0 Å². The highest BCUT2D eigenvalue weighted by molar-refractivity contribution is 5.97. The monoisotopic (exact) mass is 718 g/mol. The third kappa shape index (κ3) is 10.8. The number of nitrogens with zero attached hydrogens (tertiary/aromatic N) is 8. The number of anilines is 3. The van der Waals surface area contributed by atoms with Crippen LogP contribution in [-0.2, 0) is 33.0 Å². The van der Waals surface area contributed by atoms with Crippen molar-refractivity contribution < 1.29 is 24.2 Å². The smallest absolute Gasteiger partial charge is 0.326 e. The topological polar surface area (TPSA) is 242 Å². The number of hydrogen-bond donors (Lipinski definition) is 5. The van der Waals surface area contributed by atoms with E-state index in [1.807, 2.05) is 25.8 Å². The maximum Gasteiger partial charge on any atom is 0.326 e. The van der Waals surface area contributed by atoms with Gasteiger partial charge in [-0.25, -0.2) is 19.4 Å². The first-order valence-corrected chi connectivity index (χ1v) is 17.1. The maximum absolute atomic E-state index is 13.0. The number of nitrogens with two attached hydrogens (primary N) is 2. The van der Waals surface area contributed by atoms with Gasteiger partial charge in [0.05, 0.1) is 54.6 Å². The van der Waals surface area contributed by atoms with Crippen LogP contribution in [0.1, 0.15) is 89.0 Å². The van der Waals surface area contributed by atoms with E-state index in [-0.39, 0.29) is 48.2 Å². The van der Waals surface area contributed by atoms with Crippen molar-refractivity contribution in [3.05, 3.63) is 53.6 Å². The van der Waals surface area contributed by atoms with Gasteiger partial charge in [0.2, 0.25) is 11.9 Å². The van der Waals surface area contributed by atoms with Gasteiger partial charge in [-0.3, -0.25) is 9.59 Å². The molecule has 0 bridgehead atoms. The first-order valence-electron chi connectivity index (χ1n) is 17.1. The van der Waals surface area contributed by atoms with Crippen LogP contribution in [0.4, 0.5) is 17.5 Å². The lowest BCUT2D eigenvalue weighted by Gasteiger charge is -2.33. The fraction of sp³-hybridized carbons (Fsp3) is 0.514. The van der Waals surface area contributed by atoms with Gasteiger partial charge in [0, 0.05) is 24.7 Å². The van der Waals surface area contributed by atoms with Crippen molar-refractivity contribution >= 4 is 46.4 Å². The predicted octanol–water partition coefficient (Wildman–Crippen LogP) is 3.06. The van der Waals surface area contributed by atoms with E-state index in [0.717, 1.165) is 18.5 Å². The molecule has 52 heavy (non-hydrogen) atoms.